The summed E-state index contributed by atoms with van der Waals surface area (Å²) in [5, 5.41) is 3.21. The number of unbranched alkanes of at least 4 members (excludes halogenated alkanes) is 4. The van der Waals surface area contributed by atoms with Gasteiger partial charge in [-0.05, 0) is 25.8 Å². The zero-order chi connectivity index (χ0) is 11.6. The summed E-state index contributed by atoms with van der Waals surface area (Å²) in [5.41, 5.74) is 0. The zero-order valence-corrected chi connectivity index (χ0v) is 10.5. The van der Waals surface area contributed by atoms with Crippen molar-refractivity contribution in [3.8, 4) is 0 Å². The van der Waals surface area contributed by atoms with E-state index < -0.39 is 0 Å². The first-order valence-electron chi connectivity index (χ1n) is 6.74. The Hall–Kier alpha value is -0.570. The molecule has 0 bridgehead atoms. The lowest BCUT2D eigenvalue weighted by Crippen LogP contribution is -2.41. The van der Waals surface area contributed by atoms with Crippen molar-refractivity contribution in [2.45, 2.75) is 64.3 Å². The topological polar surface area (TPSA) is 38.3 Å². The molecule has 0 aromatic rings. The highest BCUT2D eigenvalue weighted by Crippen LogP contribution is 2.09. The highest BCUT2D eigenvalue weighted by molar-refractivity contribution is 5.75. The summed E-state index contributed by atoms with van der Waals surface area (Å²) in [4.78, 5) is 11.6. The smallest absolute Gasteiger partial charge is 0.323 e. The van der Waals surface area contributed by atoms with Gasteiger partial charge in [0.15, 0.2) is 0 Å². The molecule has 94 valence electrons. The summed E-state index contributed by atoms with van der Waals surface area (Å²) in [7, 11) is 0. The van der Waals surface area contributed by atoms with Gasteiger partial charge in [-0.3, -0.25) is 4.79 Å². The molecule has 16 heavy (non-hydrogen) atoms. The van der Waals surface area contributed by atoms with Crippen molar-refractivity contribution in [2.24, 2.45) is 0 Å². The minimum Gasteiger partial charge on any atom is -0.465 e. The van der Waals surface area contributed by atoms with Crippen LogP contribution in [0.2, 0.25) is 0 Å². The van der Waals surface area contributed by atoms with Crippen molar-refractivity contribution in [1.29, 1.82) is 0 Å². The average Bonchev–Trinajstić information content (AvgIpc) is 2.34. The Labute approximate surface area is 98.9 Å². The van der Waals surface area contributed by atoms with Crippen molar-refractivity contribution in [1.82, 2.24) is 5.32 Å². The lowest BCUT2D eigenvalue weighted by Gasteiger charge is -2.21. The summed E-state index contributed by atoms with van der Waals surface area (Å²) >= 11 is 0. The summed E-state index contributed by atoms with van der Waals surface area (Å²) in [6, 6.07) is -0.0376. The maximum Gasteiger partial charge on any atom is 0.323 e. The fourth-order valence-corrected chi connectivity index (χ4v) is 2.03. The van der Waals surface area contributed by atoms with Crippen molar-refractivity contribution in [3.63, 3.8) is 0 Å². The van der Waals surface area contributed by atoms with E-state index in [4.69, 9.17) is 4.74 Å². The molecule has 1 saturated heterocycles. The van der Waals surface area contributed by atoms with Crippen LogP contribution in [0.15, 0.2) is 0 Å². The Morgan fingerprint density at radius 3 is 2.75 bits per heavy atom. The molecule has 1 N–H and O–H groups in total. The molecule has 0 aliphatic carbocycles. The fraction of sp³-hybridized carbons (Fsp3) is 0.923. The van der Waals surface area contributed by atoms with Crippen molar-refractivity contribution in [2.75, 3.05) is 13.2 Å². The van der Waals surface area contributed by atoms with Crippen LogP contribution in [0.3, 0.4) is 0 Å². The third-order valence-electron chi connectivity index (χ3n) is 3.09. The standard InChI is InChI=1S/C13H25NO2/c1-2-3-4-5-8-11-16-13(15)12-9-6-7-10-14-12/h12,14H,2-11H2,1H3/t12-/m1/s1. The van der Waals surface area contributed by atoms with Gasteiger partial charge in [0, 0.05) is 0 Å². The van der Waals surface area contributed by atoms with Gasteiger partial charge in [0.1, 0.15) is 6.04 Å². The summed E-state index contributed by atoms with van der Waals surface area (Å²) in [6.45, 7) is 3.76. The summed E-state index contributed by atoms with van der Waals surface area (Å²) < 4.78 is 5.26. The van der Waals surface area contributed by atoms with Crippen molar-refractivity contribution >= 4 is 5.97 Å². The number of esters is 1. The quantitative estimate of drug-likeness (QED) is 0.537. The lowest BCUT2D eigenvalue weighted by atomic mass is 10.1. The van der Waals surface area contributed by atoms with Crippen LogP contribution in [0, 0.1) is 0 Å². The molecule has 0 aromatic heterocycles. The molecule has 0 spiro atoms. The van der Waals surface area contributed by atoms with Crippen molar-refractivity contribution < 1.29 is 9.53 Å². The Kier molecular flexibility index (Phi) is 7.23. The molecule has 0 radical (unpaired) electrons. The fourth-order valence-electron chi connectivity index (χ4n) is 2.03. The number of ether oxygens (including phenoxy) is 1. The van der Waals surface area contributed by atoms with Crippen LogP contribution < -0.4 is 5.32 Å². The first-order valence-corrected chi connectivity index (χ1v) is 6.74. The van der Waals surface area contributed by atoms with Crippen LogP contribution in [0.25, 0.3) is 0 Å². The molecule has 1 rings (SSSR count). The minimum absolute atomic E-state index is 0.0376. The van der Waals surface area contributed by atoms with Gasteiger partial charge in [-0.2, -0.15) is 0 Å². The number of nitrogens with one attached hydrogen (secondary N) is 1. The molecular formula is C13H25NO2. The maximum atomic E-state index is 11.6. The predicted molar refractivity (Wildman–Crippen MR) is 65.4 cm³/mol. The van der Waals surface area contributed by atoms with Crippen LogP contribution in [-0.2, 0) is 9.53 Å². The van der Waals surface area contributed by atoms with Crippen LogP contribution in [0.4, 0.5) is 0 Å². The molecule has 3 nitrogen and oxygen atoms in total. The summed E-state index contributed by atoms with van der Waals surface area (Å²) in [5.74, 6) is -0.0461. The average molecular weight is 227 g/mol. The van der Waals surface area contributed by atoms with Gasteiger partial charge in [-0.15, -0.1) is 0 Å². The van der Waals surface area contributed by atoms with Crippen LogP contribution in [-0.4, -0.2) is 25.2 Å². The van der Waals surface area contributed by atoms with Crippen LogP contribution in [0.1, 0.15) is 58.3 Å². The second-order valence-electron chi connectivity index (χ2n) is 4.58. The second kappa shape index (κ2) is 8.57. The van der Waals surface area contributed by atoms with E-state index in [2.05, 4.69) is 12.2 Å². The molecule has 1 aliphatic heterocycles. The Morgan fingerprint density at radius 1 is 1.25 bits per heavy atom. The highest BCUT2D eigenvalue weighted by Gasteiger charge is 2.21. The number of hydrogen-bond acceptors (Lipinski definition) is 3. The Bertz CT molecular complexity index is 188. The maximum absolute atomic E-state index is 11.6. The van der Waals surface area contributed by atoms with E-state index >= 15 is 0 Å². The van der Waals surface area contributed by atoms with E-state index in [1.54, 1.807) is 0 Å². The van der Waals surface area contributed by atoms with Gasteiger partial charge in [0.25, 0.3) is 0 Å². The van der Waals surface area contributed by atoms with E-state index in [9.17, 15) is 4.79 Å². The number of hydrogen-bond donors (Lipinski definition) is 1. The molecule has 0 saturated carbocycles. The molecule has 0 amide bonds. The van der Waals surface area contributed by atoms with Crippen LogP contribution >= 0.6 is 0 Å². The predicted octanol–water partition coefficient (Wildman–Crippen LogP) is 2.64. The van der Waals surface area contributed by atoms with Crippen molar-refractivity contribution in [3.05, 3.63) is 0 Å². The third kappa shape index (κ3) is 5.50. The van der Waals surface area contributed by atoms with E-state index in [1.807, 2.05) is 0 Å². The van der Waals surface area contributed by atoms with Gasteiger partial charge in [0.2, 0.25) is 0 Å². The van der Waals surface area contributed by atoms with Gasteiger partial charge in [0.05, 0.1) is 6.61 Å². The van der Waals surface area contributed by atoms with E-state index in [0.29, 0.717) is 6.61 Å². The third-order valence-corrected chi connectivity index (χ3v) is 3.09. The lowest BCUT2D eigenvalue weighted by molar-refractivity contribution is -0.146. The Balaban J connectivity index is 1.97. The summed E-state index contributed by atoms with van der Waals surface area (Å²) in [6.07, 6.45) is 9.26. The molecule has 1 aliphatic rings. The van der Waals surface area contributed by atoms with E-state index in [1.165, 1.54) is 32.1 Å². The number of rotatable bonds is 7. The molecule has 0 unspecified atom stereocenters. The molecule has 1 atom stereocenters. The van der Waals surface area contributed by atoms with Gasteiger partial charge in [-0.1, -0.05) is 39.0 Å². The first kappa shape index (κ1) is 13.5. The van der Waals surface area contributed by atoms with E-state index in [-0.39, 0.29) is 12.0 Å². The molecule has 1 heterocycles. The SMILES string of the molecule is CCCCCCCOC(=O)[C@H]1CCCCN1. The highest BCUT2D eigenvalue weighted by atomic mass is 16.5. The second-order valence-corrected chi connectivity index (χ2v) is 4.58. The van der Waals surface area contributed by atoms with E-state index in [0.717, 1.165) is 25.8 Å². The van der Waals surface area contributed by atoms with Crippen LogP contribution in [0.5, 0.6) is 0 Å². The van der Waals surface area contributed by atoms with Gasteiger partial charge >= 0.3 is 5.97 Å². The largest absolute Gasteiger partial charge is 0.465 e. The number of piperidine rings is 1. The number of carbonyl (C=O) groups excluding carboxylic acids is 1. The first-order chi connectivity index (χ1) is 7.84. The minimum atomic E-state index is -0.0461. The number of carbonyl (C=O) groups is 1. The molecular weight excluding hydrogens is 202 g/mol. The van der Waals surface area contributed by atoms with Gasteiger partial charge < -0.3 is 10.1 Å². The Morgan fingerprint density at radius 2 is 2.06 bits per heavy atom. The monoisotopic (exact) mass is 227 g/mol. The molecule has 0 aromatic carbocycles. The molecule has 1 fully saturated rings. The van der Waals surface area contributed by atoms with Gasteiger partial charge in [-0.25, -0.2) is 0 Å². The zero-order valence-electron chi connectivity index (χ0n) is 10.5. The normalized spacial score (nSPS) is 20.7. The molecule has 3 heteroatoms.